The molecule has 4 aromatic heterocycles. The molecule has 1 aliphatic carbocycles. The van der Waals surface area contributed by atoms with Crippen molar-refractivity contribution in [1.29, 1.82) is 0 Å². The molecular weight excluding hydrogens is 891 g/mol. The zero-order chi connectivity index (χ0) is 51.1. The molecule has 0 saturated carbocycles. The SMILES string of the molecule is [2H]C([2H])([2H])Oc1ncc(-c2ccnc(N3CCn4c(cc5c4CC(C)(C)C5)C3=O)c2CO)cc1Nc1ccc(N2CCN(C3CCN(c4ccc5c(c4)C(=O)N([C@H]4CCC(=O)NC4=O)C5=O)CC3)C[C@@H]2C)cn1. The lowest BCUT2D eigenvalue weighted by Crippen LogP contribution is -2.57. The van der Waals surface area contributed by atoms with E-state index in [0.717, 1.165) is 74.7 Å². The number of anilines is 5. The normalized spacial score (nSPS) is 22.3. The van der Waals surface area contributed by atoms with Crippen LogP contribution in [0.15, 0.2) is 67.1 Å². The first-order chi connectivity index (χ1) is 34.9. The Kier molecular flexibility index (Phi) is 10.5. The van der Waals surface area contributed by atoms with Crippen LogP contribution in [0.2, 0.25) is 0 Å². The molecule has 9 heterocycles. The minimum Gasteiger partial charge on any atom is -0.480 e. The number of carbonyl (C=O) groups excluding carboxylic acids is 5. The van der Waals surface area contributed by atoms with Crippen molar-refractivity contribution in [2.75, 3.05) is 66.3 Å². The summed E-state index contributed by atoms with van der Waals surface area (Å²) in [5.74, 6) is -1.63. The summed E-state index contributed by atoms with van der Waals surface area (Å²) in [5.41, 5.74) is 7.29. The van der Waals surface area contributed by atoms with E-state index in [1.165, 1.54) is 17.5 Å². The number of piperidine rings is 2. The van der Waals surface area contributed by atoms with E-state index in [9.17, 15) is 29.1 Å². The van der Waals surface area contributed by atoms with Crippen LogP contribution in [-0.4, -0.2) is 128 Å². The van der Waals surface area contributed by atoms with Crippen LogP contribution in [0.1, 0.15) is 98.6 Å². The molecule has 2 atom stereocenters. The zero-order valence-corrected chi connectivity index (χ0v) is 39.4. The lowest BCUT2D eigenvalue weighted by Gasteiger charge is -2.46. The van der Waals surface area contributed by atoms with E-state index in [4.69, 9.17) is 13.8 Å². The molecule has 18 heteroatoms. The Morgan fingerprint density at radius 2 is 1.66 bits per heavy atom. The van der Waals surface area contributed by atoms with Crippen LogP contribution in [0.5, 0.6) is 5.88 Å². The van der Waals surface area contributed by atoms with Crippen LogP contribution < -0.4 is 30.1 Å². The van der Waals surface area contributed by atoms with Gasteiger partial charge in [0, 0.05) is 99.2 Å². The molecule has 5 aliphatic heterocycles. The lowest BCUT2D eigenvalue weighted by atomic mass is 9.90. The van der Waals surface area contributed by atoms with Gasteiger partial charge in [-0.25, -0.2) is 15.0 Å². The van der Waals surface area contributed by atoms with Gasteiger partial charge in [0.15, 0.2) is 0 Å². The highest BCUT2D eigenvalue weighted by atomic mass is 16.5. The third-order valence-corrected chi connectivity index (χ3v) is 15.1. The second kappa shape index (κ2) is 17.7. The fraction of sp³-hybridized carbons (Fsp3) is 0.423. The number of benzene rings is 1. The minimum absolute atomic E-state index is 0.0681. The van der Waals surface area contributed by atoms with E-state index in [0.29, 0.717) is 53.2 Å². The molecule has 6 aliphatic rings. The number of amides is 5. The number of fused-ring (bicyclic) bond motifs is 4. The molecule has 18 nitrogen and oxygen atoms in total. The van der Waals surface area contributed by atoms with Gasteiger partial charge in [-0.2, -0.15) is 0 Å². The van der Waals surface area contributed by atoms with E-state index in [1.54, 1.807) is 41.6 Å². The van der Waals surface area contributed by atoms with E-state index in [-0.39, 0.29) is 52.9 Å². The predicted octanol–water partition coefficient (Wildman–Crippen LogP) is 4.95. The van der Waals surface area contributed by atoms with Crippen molar-refractivity contribution in [2.45, 2.75) is 90.6 Å². The number of aromatic nitrogens is 4. The van der Waals surface area contributed by atoms with Gasteiger partial charge in [0.1, 0.15) is 29.1 Å². The molecule has 0 radical (unpaired) electrons. The van der Waals surface area contributed by atoms with Crippen LogP contribution in [0, 0.1) is 5.41 Å². The number of imide groups is 2. The quantitative estimate of drug-likeness (QED) is 0.159. The molecule has 5 aromatic rings. The fourth-order valence-corrected chi connectivity index (χ4v) is 11.6. The molecule has 0 bridgehead atoms. The number of hydrogen-bond donors (Lipinski definition) is 3. The third-order valence-electron chi connectivity index (χ3n) is 15.1. The molecule has 5 amide bonds. The van der Waals surface area contributed by atoms with Crippen LogP contribution in [-0.2, 0) is 35.6 Å². The van der Waals surface area contributed by atoms with Gasteiger partial charge in [0.25, 0.3) is 17.7 Å². The first kappa shape index (κ1) is 41.8. The standard InChI is InChI=1S/C52H57N11O7/c1-30-28-59(33-12-15-58(16-13-33)34-5-7-37-38(23-34)50(68)63(49(37)67)41-8-10-45(65)57-47(41)66)17-18-60(30)35-6-9-44(54-27-35)56-40-21-32(26-55-48(40)70-4)36-11-14-53-46(39(36)29-64)62-20-19-61-42(51(62)69)22-31-24-52(2,3)25-43(31)61/h5-7,9,11,14,21-23,26-27,30,33,41,64H,8,10,12-13,15-20,24-25,28-29H2,1-4H3,(H,54,56)(H,57,65,66)/t30-,41-/m0/s1/i4D3. The highest BCUT2D eigenvalue weighted by molar-refractivity contribution is 6.23. The number of ether oxygens (including phenoxy) is 1. The van der Waals surface area contributed by atoms with Crippen LogP contribution in [0.4, 0.5) is 28.7 Å². The van der Waals surface area contributed by atoms with Crippen molar-refractivity contribution < 1.29 is 37.9 Å². The van der Waals surface area contributed by atoms with Crippen molar-refractivity contribution in [3.05, 3.63) is 101 Å². The molecule has 11 rings (SSSR count). The first-order valence-electron chi connectivity index (χ1n) is 25.6. The van der Waals surface area contributed by atoms with Gasteiger partial charge in [0.2, 0.25) is 17.7 Å². The van der Waals surface area contributed by atoms with Gasteiger partial charge in [-0.05, 0) is 104 Å². The maximum absolute atomic E-state index is 14.0. The molecule has 1 aromatic carbocycles. The van der Waals surface area contributed by atoms with Crippen molar-refractivity contribution in [3.63, 3.8) is 0 Å². The number of carbonyl (C=O) groups is 5. The number of rotatable bonds is 10. The largest absolute Gasteiger partial charge is 0.480 e. The fourth-order valence-electron chi connectivity index (χ4n) is 11.6. The van der Waals surface area contributed by atoms with E-state index >= 15 is 0 Å². The second-order valence-electron chi connectivity index (χ2n) is 20.1. The molecule has 70 heavy (non-hydrogen) atoms. The molecule has 362 valence electrons. The highest BCUT2D eigenvalue weighted by Gasteiger charge is 2.45. The number of nitrogens with zero attached hydrogens (tertiary/aromatic N) is 9. The molecular formula is C52H57N11O7. The minimum atomic E-state index is -2.79. The summed E-state index contributed by atoms with van der Waals surface area (Å²) in [5, 5.41) is 16.3. The topological polar surface area (TPSA) is 199 Å². The van der Waals surface area contributed by atoms with Crippen LogP contribution >= 0.6 is 0 Å². The number of hydrogen-bond acceptors (Lipinski definition) is 14. The molecule has 3 saturated heterocycles. The van der Waals surface area contributed by atoms with Crippen molar-refractivity contribution in [2.24, 2.45) is 5.41 Å². The Balaban J connectivity index is 0.738. The maximum atomic E-state index is 14.0. The summed E-state index contributed by atoms with van der Waals surface area (Å²) < 4.78 is 31.0. The van der Waals surface area contributed by atoms with E-state index in [1.807, 2.05) is 24.3 Å². The van der Waals surface area contributed by atoms with Gasteiger partial charge in [-0.1, -0.05) is 13.8 Å². The summed E-state index contributed by atoms with van der Waals surface area (Å²) in [6.45, 7) is 11.3. The predicted molar refractivity (Wildman–Crippen MR) is 261 cm³/mol. The lowest BCUT2D eigenvalue weighted by molar-refractivity contribution is -0.136. The average molecular weight is 951 g/mol. The van der Waals surface area contributed by atoms with Gasteiger partial charge >= 0.3 is 0 Å². The number of nitrogens with one attached hydrogen (secondary N) is 2. The van der Waals surface area contributed by atoms with Gasteiger partial charge in [-0.3, -0.25) is 44.0 Å². The van der Waals surface area contributed by atoms with Crippen molar-refractivity contribution in [3.8, 4) is 17.0 Å². The number of methoxy groups -OCH3 is 1. The van der Waals surface area contributed by atoms with Crippen molar-refractivity contribution in [1.82, 2.24) is 34.6 Å². The Morgan fingerprint density at radius 1 is 0.843 bits per heavy atom. The Labute approximate surface area is 409 Å². The number of aliphatic hydroxyl groups excluding tert-OH is 1. The molecule has 0 spiro atoms. The molecule has 0 unspecified atom stereocenters. The maximum Gasteiger partial charge on any atom is 0.276 e. The Bertz CT molecular complexity index is 3080. The molecule has 3 N–H and O–H groups in total. The van der Waals surface area contributed by atoms with Crippen LogP contribution in [0.25, 0.3) is 11.1 Å². The van der Waals surface area contributed by atoms with Gasteiger partial charge in [-0.15, -0.1) is 0 Å². The zero-order valence-electron chi connectivity index (χ0n) is 42.4. The van der Waals surface area contributed by atoms with Crippen LogP contribution in [0.3, 0.4) is 0 Å². The molecule has 3 fully saturated rings. The Hall–Kier alpha value is -7.18. The number of pyridine rings is 3. The monoisotopic (exact) mass is 950 g/mol. The first-order valence-corrected chi connectivity index (χ1v) is 24.1. The van der Waals surface area contributed by atoms with E-state index < -0.39 is 43.3 Å². The summed E-state index contributed by atoms with van der Waals surface area (Å²) in [6, 6.07) is 14.0. The van der Waals surface area contributed by atoms with Crippen molar-refractivity contribution >= 4 is 58.2 Å². The number of aliphatic hydroxyl groups is 1. The summed E-state index contributed by atoms with van der Waals surface area (Å²) in [4.78, 5) is 88.5. The average Bonchev–Trinajstić information content (AvgIpc) is 3.95. The second-order valence-corrected chi connectivity index (χ2v) is 20.1. The number of piperazine rings is 1. The van der Waals surface area contributed by atoms with E-state index in [2.05, 4.69) is 60.6 Å². The van der Waals surface area contributed by atoms with Gasteiger partial charge < -0.3 is 29.5 Å². The third kappa shape index (κ3) is 7.92. The summed E-state index contributed by atoms with van der Waals surface area (Å²) >= 11 is 0. The van der Waals surface area contributed by atoms with Gasteiger partial charge in [0.05, 0.1) is 40.8 Å². The summed E-state index contributed by atoms with van der Waals surface area (Å²) in [6.07, 6.45) is 8.69. The smallest absolute Gasteiger partial charge is 0.276 e. The summed E-state index contributed by atoms with van der Waals surface area (Å²) in [7, 11) is -2.79. The Morgan fingerprint density at radius 3 is 2.41 bits per heavy atom. The highest BCUT2D eigenvalue weighted by Crippen LogP contribution is 2.41.